The van der Waals surface area contributed by atoms with Crippen LogP contribution in [-0.2, 0) is 14.6 Å². The summed E-state index contributed by atoms with van der Waals surface area (Å²) in [5.41, 5.74) is 4.28. The Balaban J connectivity index is 2.25. The summed E-state index contributed by atoms with van der Waals surface area (Å²) in [5, 5.41) is 9.93. The van der Waals surface area contributed by atoms with Gasteiger partial charge in [0.25, 0.3) is 0 Å². The third-order valence-electron chi connectivity index (χ3n) is 3.13. The normalized spacial score (nSPS) is 19.4. The third kappa shape index (κ3) is 4.91. The molecule has 1 fully saturated rings. The van der Waals surface area contributed by atoms with E-state index in [-0.39, 0.29) is 17.9 Å². The van der Waals surface area contributed by atoms with Crippen molar-refractivity contribution in [3.63, 3.8) is 0 Å². The summed E-state index contributed by atoms with van der Waals surface area (Å²) in [7, 11) is -3.22. The smallest absolute Gasteiger partial charge is 0.218 e. The second-order valence-corrected chi connectivity index (χ2v) is 7.36. The summed E-state index contributed by atoms with van der Waals surface area (Å²) in [5.74, 6) is -0.766. The van der Waals surface area contributed by atoms with E-state index >= 15 is 0 Å². The highest BCUT2D eigenvalue weighted by molar-refractivity contribution is 7.91. The first-order valence-electron chi connectivity index (χ1n) is 6.20. The highest BCUT2D eigenvalue weighted by Gasteiger charge is 2.39. The molecule has 1 aliphatic heterocycles. The Morgan fingerprint density at radius 2 is 2.00 bits per heavy atom. The average Bonchev–Trinajstić information content (AvgIpc) is 2.21. The van der Waals surface area contributed by atoms with Gasteiger partial charge in [0.15, 0.2) is 9.84 Å². The summed E-state index contributed by atoms with van der Waals surface area (Å²) in [6.45, 7) is 3.49. The zero-order chi connectivity index (χ0) is 13.8. The minimum Gasteiger partial charge on any atom is -0.387 e. The van der Waals surface area contributed by atoms with Crippen molar-refractivity contribution in [1.82, 2.24) is 4.90 Å². The van der Waals surface area contributed by atoms with Gasteiger partial charge in [0.05, 0.1) is 17.1 Å². The van der Waals surface area contributed by atoms with Gasteiger partial charge < -0.3 is 10.8 Å². The zero-order valence-corrected chi connectivity index (χ0v) is 11.6. The van der Waals surface area contributed by atoms with Gasteiger partial charge in [-0.25, -0.2) is 8.42 Å². The Bertz CT molecular complexity index is 388. The minimum absolute atomic E-state index is 0.0164. The van der Waals surface area contributed by atoms with E-state index in [0.717, 1.165) is 12.8 Å². The molecule has 3 N–H and O–H groups in total. The number of primary amides is 1. The first kappa shape index (κ1) is 15.4. The van der Waals surface area contributed by atoms with E-state index < -0.39 is 21.3 Å². The first-order valence-corrected chi connectivity index (χ1v) is 8.02. The van der Waals surface area contributed by atoms with E-state index in [1.54, 1.807) is 0 Å². The van der Waals surface area contributed by atoms with Crippen molar-refractivity contribution in [2.24, 2.45) is 5.73 Å². The van der Waals surface area contributed by atoms with E-state index in [2.05, 4.69) is 0 Å². The molecule has 0 spiro atoms. The van der Waals surface area contributed by atoms with Crippen molar-refractivity contribution in [3.8, 4) is 0 Å². The van der Waals surface area contributed by atoms with E-state index in [9.17, 15) is 18.3 Å². The van der Waals surface area contributed by atoms with Crippen molar-refractivity contribution in [2.75, 3.05) is 31.1 Å². The fourth-order valence-electron chi connectivity index (χ4n) is 2.19. The molecule has 106 valence electrons. The number of sulfone groups is 1. The number of nitrogens with zero attached hydrogens (tertiary/aromatic N) is 1. The molecule has 1 heterocycles. The van der Waals surface area contributed by atoms with Gasteiger partial charge in [-0.2, -0.15) is 0 Å². The van der Waals surface area contributed by atoms with Gasteiger partial charge in [-0.15, -0.1) is 0 Å². The first-order chi connectivity index (χ1) is 8.26. The maximum atomic E-state index is 11.6. The number of likely N-dealkylation sites (tertiary alicyclic amines) is 1. The molecule has 1 aliphatic rings. The molecule has 1 rings (SSSR count). The maximum absolute atomic E-state index is 11.6. The van der Waals surface area contributed by atoms with E-state index in [0.29, 0.717) is 19.6 Å². The summed E-state index contributed by atoms with van der Waals surface area (Å²) in [6, 6.07) is 0. The van der Waals surface area contributed by atoms with Crippen molar-refractivity contribution in [1.29, 1.82) is 0 Å². The maximum Gasteiger partial charge on any atom is 0.218 e. The molecule has 6 nitrogen and oxygen atoms in total. The second-order valence-electron chi connectivity index (χ2n) is 5.05. The lowest BCUT2D eigenvalue weighted by molar-refractivity contribution is -0.117. The van der Waals surface area contributed by atoms with Crippen LogP contribution in [0.3, 0.4) is 0 Å². The minimum atomic E-state index is -3.22. The SMILES string of the molecule is CCCC1(O)CN(CCS(=O)(=O)CCC(N)=O)C1. The van der Waals surface area contributed by atoms with Crippen molar-refractivity contribution >= 4 is 15.7 Å². The Morgan fingerprint density at radius 3 is 2.50 bits per heavy atom. The van der Waals surface area contributed by atoms with Gasteiger partial charge in [-0.05, 0) is 6.42 Å². The standard InChI is InChI=1S/C11H22N2O4S/c1-2-4-11(15)8-13(9-11)5-7-18(16,17)6-3-10(12)14/h15H,2-9H2,1H3,(H2,12,14). The molecule has 0 atom stereocenters. The fraction of sp³-hybridized carbons (Fsp3) is 0.909. The predicted octanol–water partition coefficient (Wildman–Crippen LogP) is -0.877. The topological polar surface area (TPSA) is 101 Å². The summed E-state index contributed by atoms with van der Waals surface area (Å²) >= 11 is 0. The number of hydrogen-bond donors (Lipinski definition) is 2. The van der Waals surface area contributed by atoms with Crippen LogP contribution in [0, 0.1) is 0 Å². The lowest BCUT2D eigenvalue weighted by Gasteiger charge is -2.46. The van der Waals surface area contributed by atoms with E-state index in [1.165, 1.54) is 0 Å². The lowest BCUT2D eigenvalue weighted by atomic mass is 9.89. The van der Waals surface area contributed by atoms with Gasteiger partial charge >= 0.3 is 0 Å². The van der Waals surface area contributed by atoms with Crippen molar-refractivity contribution in [2.45, 2.75) is 31.8 Å². The van der Waals surface area contributed by atoms with E-state index in [4.69, 9.17) is 5.73 Å². The Morgan fingerprint density at radius 1 is 1.39 bits per heavy atom. The van der Waals surface area contributed by atoms with Gasteiger partial charge in [0.2, 0.25) is 5.91 Å². The molecule has 0 aliphatic carbocycles. The molecule has 7 heteroatoms. The molecule has 18 heavy (non-hydrogen) atoms. The van der Waals surface area contributed by atoms with Gasteiger partial charge in [-0.3, -0.25) is 9.69 Å². The van der Waals surface area contributed by atoms with Gasteiger partial charge in [0, 0.05) is 26.1 Å². The summed E-state index contributed by atoms with van der Waals surface area (Å²) < 4.78 is 23.1. The van der Waals surface area contributed by atoms with Crippen LogP contribution < -0.4 is 5.73 Å². The average molecular weight is 278 g/mol. The molecule has 0 unspecified atom stereocenters. The summed E-state index contributed by atoms with van der Waals surface area (Å²) in [6.07, 6.45) is 1.54. The molecule has 0 aromatic rings. The van der Waals surface area contributed by atoms with Crippen LogP contribution in [0.1, 0.15) is 26.2 Å². The molecular formula is C11H22N2O4S. The highest BCUT2D eigenvalue weighted by atomic mass is 32.2. The Hall–Kier alpha value is -0.660. The van der Waals surface area contributed by atoms with Crippen molar-refractivity contribution < 1.29 is 18.3 Å². The highest BCUT2D eigenvalue weighted by Crippen LogP contribution is 2.25. The van der Waals surface area contributed by atoms with Crippen LogP contribution in [0.5, 0.6) is 0 Å². The lowest BCUT2D eigenvalue weighted by Crippen LogP contribution is -2.62. The number of aliphatic hydroxyl groups is 1. The molecule has 0 bridgehead atoms. The molecule has 0 saturated carbocycles. The largest absolute Gasteiger partial charge is 0.387 e. The van der Waals surface area contributed by atoms with E-state index in [1.807, 2.05) is 11.8 Å². The summed E-state index contributed by atoms with van der Waals surface area (Å²) in [4.78, 5) is 12.4. The van der Waals surface area contributed by atoms with Crippen LogP contribution in [0.4, 0.5) is 0 Å². The number of amides is 1. The number of hydrogen-bond acceptors (Lipinski definition) is 5. The predicted molar refractivity (Wildman–Crippen MR) is 68.8 cm³/mol. The zero-order valence-electron chi connectivity index (χ0n) is 10.8. The monoisotopic (exact) mass is 278 g/mol. The number of nitrogens with two attached hydrogens (primary N) is 1. The van der Waals surface area contributed by atoms with Crippen LogP contribution >= 0.6 is 0 Å². The quantitative estimate of drug-likeness (QED) is 0.600. The third-order valence-corrected chi connectivity index (χ3v) is 4.76. The number of carbonyl (C=O) groups excluding carboxylic acids is 1. The number of rotatable bonds is 8. The van der Waals surface area contributed by atoms with Crippen LogP contribution in [-0.4, -0.2) is 61.1 Å². The second kappa shape index (κ2) is 5.99. The number of β-amino-alcohol motifs (C(OH)–C–C–N with tert-alkyl or cyclic N) is 1. The number of carbonyl (C=O) groups is 1. The molecule has 0 radical (unpaired) electrons. The van der Waals surface area contributed by atoms with Gasteiger partial charge in [-0.1, -0.05) is 13.3 Å². The Labute approximate surface area is 108 Å². The van der Waals surface area contributed by atoms with Gasteiger partial charge in [0.1, 0.15) is 0 Å². The van der Waals surface area contributed by atoms with Crippen LogP contribution in [0.15, 0.2) is 0 Å². The fourth-order valence-corrected chi connectivity index (χ4v) is 3.45. The molecular weight excluding hydrogens is 256 g/mol. The van der Waals surface area contributed by atoms with Crippen LogP contribution in [0.2, 0.25) is 0 Å². The van der Waals surface area contributed by atoms with Crippen molar-refractivity contribution in [3.05, 3.63) is 0 Å². The molecule has 0 aromatic heterocycles. The molecule has 0 aromatic carbocycles. The van der Waals surface area contributed by atoms with Crippen LogP contribution in [0.25, 0.3) is 0 Å². The molecule has 1 amide bonds. The molecule has 1 saturated heterocycles. The Kier molecular flexibility index (Phi) is 5.12.